The van der Waals surface area contributed by atoms with E-state index in [0.717, 1.165) is 10.6 Å². The summed E-state index contributed by atoms with van der Waals surface area (Å²) in [4.78, 5) is 16.7. The lowest BCUT2D eigenvalue weighted by atomic mass is 10.1. The Kier molecular flexibility index (Phi) is 5.08. The van der Waals surface area contributed by atoms with Gasteiger partial charge in [-0.05, 0) is 24.6 Å². The van der Waals surface area contributed by atoms with Gasteiger partial charge in [-0.3, -0.25) is 4.79 Å². The number of aliphatic hydroxyl groups is 1. The molecular formula is C18H18N2O3S. The third-order valence-corrected chi connectivity index (χ3v) is 4.48. The van der Waals surface area contributed by atoms with Gasteiger partial charge in [-0.25, -0.2) is 4.98 Å². The topological polar surface area (TPSA) is 75.4 Å². The SMILES string of the molecule is Cc1ccc(Cc2nc(C(=O)NC(CO)c3ccco3)cs2)cc1. The molecule has 3 rings (SSSR count). The normalized spacial score (nSPS) is 12.1. The first-order chi connectivity index (χ1) is 11.7. The molecule has 1 aromatic carbocycles. The van der Waals surface area contributed by atoms with Gasteiger partial charge in [0.1, 0.15) is 17.5 Å². The zero-order valence-corrected chi connectivity index (χ0v) is 14.0. The quantitative estimate of drug-likeness (QED) is 0.722. The molecule has 0 aliphatic heterocycles. The summed E-state index contributed by atoms with van der Waals surface area (Å²) < 4.78 is 5.22. The van der Waals surface area contributed by atoms with Crippen LogP contribution in [0.4, 0.5) is 0 Å². The highest BCUT2D eigenvalue weighted by Crippen LogP contribution is 2.17. The molecule has 0 bridgehead atoms. The van der Waals surface area contributed by atoms with Gasteiger partial charge in [0.2, 0.25) is 0 Å². The number of hydrogen-bond donors (Lipinski definition) is 2. The second-order valence-electron chi connectivity index (χ2n) is 5.51. The van der Waals surface area contributed by atoms with E-state index in [1.54, 1.807) is 17.5 Å². The Balaban J connectivity index is 1.66. The number of aryl methyl sites for hydroxylation is 1. The van der Waals surface area contributed by atoms with Crippen LogP contribution in [0.2, 0.25) is 0 Å². The van der Waals surface area contributed by atoms with Gasteiger partial charge in [0.25, 0.3) is 5.91 Å². The van der Waals surface area contributed by atoms with E-state index in [9.17, 15) is 9.90 Å². The number of benzene rings is 1. The number of thiazole rings is 1. The van der Waals surface area contributed by atoms with Crippen LogP contribution >= 0.6 is 11.3 Å². The molecule has 0 saturated heterocycles. The average Bonchev–Trinajstić information content (AvgIpc) is 3.26. The predicted octanol–water partition coefficient (Wildman–Crippen LogP) is 3.10. The number of nitrogens with zero attached hydrogens (tertiary/aromatic N) is 1. The molecule has 3 aromatic rings. The molecule has 0 aliphatic rings. The molecule has 0 radical (unpaired) electrons. The van der Waals surface area contributed by atoms with Gasteiger partial charge in [-0.1, -0.05) is 29.8 Å². The number of carbonyl (C=O) groups excluding carboxylic acids is 1. The van der Waals surface area contributed by atoms with Crippen molar-refractivity contribution in [2.45, 2.75) is 19.4 Å². The molecular weight excluding hydrogens is 324 g/mol. The van der Waals surface area contributed by atoms with E-state index in [4.69, 9.17) is 4.42 Å². The van der Waals surface area contributed by atoms with Gasteiger partial charge in [0.15, 0.2) is 0 Å². The lowest BCUT2D eigenvalue weighted by molar-refractivity contribution is 0.0903. The van der Waals surface area contributed by atoms with Crippen LogP contribution in [0.3, 0.4) is 0 Å². The van der Waals surface area contributed by atoms with Crippen molar-refractivity contribution in [2.75, 3.05) is 6.61 Å². The van der Waals surface area contributed by atoms with Crippen molar-refractivity contribution >= 4 is 17.2 Å². The fourth-order valence-electron chi connectivity index (χ4n) is 2.31. The first-order valence-corrected chi connectivity index (χ1v) is 8.48. The van der Waals surface area contributed by atoms with Crippen LogP contribution in [0, 0.1) is 6.92 Å². The third kappa shape index (κ3) is 3.90. The molecule has 1 atom stereocenters. The molecule has 2 aromatic heterocycles. The summed E-state index contributed by atoms with van der Waals surface area (Å²) in [6.07, 6.45) is 2.20. The molecule has 24 heavy (non-hydrogen) atoms. The Morgan fingerprint density at radius 2 is 2.12 bits per heavy atom. The number of nitrogens with one attached hydrogen (secondary N) is 1. The molecule has 124 valence electrons. The highest BCUT2D eigenvalue weighted by molar-refractivity contribution is 7.09. The number of furan rings is 1. The maximum Gasteiger partial charge on any atom is 0.271 e. The average molecular weight is 342 g/mol. The molecule has 0 fully saturated rings. The minimum absolute atomic E-state index is 0.236. The fraction of sp³-hybridized carbons (Fsp3) is 0.222. The van der Waals surface area contributed by atoms with Crippen LogP contribution in [0.5, 0.6) is 0 Å². The predicted molar refractivity (Wildman–Crippen MR) is 92.1 cm³/mol. The Morgan fingerprint density at radius 3 is 2.79 bits per heavy atom. The monoisotopic (exact) mass is 342 g/mol. The van der Waals surface area contributed by atoms with E-state index < -0.39 is 6.04 Å². The lowest BCUT2D eigenvalue weighted by Gasteiger charge is -2.12. The van der Waals surface area contributed by atoms with Crippen LogP contribution in [0.15, 0.2) is 52.5 Å². The highest BCUT2D eigenvalue weighted by Gasteiger charge is 2.19. The number of amides is 1. The van der Waals surface area contributed by atoms with E-state index in [2.05, 4.69) is 34.6 Å². The first-order valence-electron chi connectivity index (χ1n) is 7.61. The molecule has 1 unspecified atom stereocenters. The van der Waals surface area contributed by atoms with E-state index in [-0.39, 0.29) is 12.5 Å². The Hall–Kier alpha value is -2.44. The smallest absolute Gasteiger partial charge is 0.271 e. The molecule has 0 spiro atoms. The third-order valence-electron chi connectivity index (χ3n) is 3.63. The van der Waals surface area contributed by atoms with Crippen LogP contribution in [0.1, 0.15) is 38.4 Å². The molecule has 2 heterocycles. The molecule has 6 heteroatoms. The van der Waals surface area contributed by atoms with E-state index in [0.29, 0.717) is 17.9 Å². The largest absolute Gasteiger partial charge is 0.467 e. The summed E-state index contributed by atoms with van der Waals surface area (Å²) in [5, 5.41) is 14.8. The number of aromatic nitrogens is 1. The molecule has 0 aliphatic carbocycles. The maximum absolute atomic E-state index is 12.3. The summed E-state index contributed by atoms with van der Waals surface area (Å²) in [6.45, 7) is 1.81. The van der Waals surface area contributed by atoms with Crippen LogP contribution in [-0.2, 0) is 6.42 Å². The summed E-state index contributed by atoms with van der Waals surface area (Å²) in [5.74, 6) is 0.192. The zero-order valence-electron chi connectivity index (χ0n) is 13.2. The Labute approximate surface area is 144 Å². The minimum Gasteiger partial charge on any atom is -0.467 e. The van der Waals surface area contributed by atoms with Gasteiger partial charge in [-0.15, -0.1) is 11.3 Å². The van der Waals surface area contributed by atoms with Crippen molar-refractivity contribution in [1.82, 2.24) is 10.3 Å². The number of hydrogen-bond acceptors (Lipinski definition) is 5. The molecule has 2 N–H and O–H groups in total. The highest BCUT2D eigenvalue weighted by atomic mass is 32.1. The van der Waals surface area contributed by atoms with E-state index in [1.165, 1.54) is 23.2 Å². The summed E-state index contributed by atoms with van der Waals surface area (Å²) in [6, 6.07) is 11.1. The number of carbonyl (C=O) groups is 1. The van der Waals surface area contributed by atoms with E-state index in [1.807, 2.05) is 6.92 Å². The first kappa shape index (κ1) is 16.4. The maximum atomic E-state index is 12.3. The standard InChI is InChI=1S/C18H18N2O3S/c1-12-4-6-13(7-5-12)9-17-19-15(11-24-17)18(22)20-14(10-21)16-3-2-8-23-16/h2-8,11,14,21H,9-10H2,1H3,(H,20,22). The van der Waals surface area contributed by atoms with Crippen molar-refractivity contribution in [1.29, 1.82) is 0 Å². The number of aliphatic hydroxyl groups excluding tert-OH is 1. The van der Waals surface area contributed by atoms with Crippen molar-refractivity contribution in [3.8, 4) is 0 Å². The van der Waals surface area contributed by atoms with Crippen molar-refractivity contribution < 1.29 is 14.3 Å². The van der Waals surface area contributed by atoms with Gasteiger partial charge >= 0.3 is 0 Å². The summed E-state index contributed by atoms with van der Waals surface area (Å²) in [7, 11) is 0. The summed E-state index contributed by atoms with van der Waals surface area (Å²) >= 11 is 1.45. The van der Waals surface area contributed by atoms with Crippen molar-refractivity contribution in [3.63, 3.8) is 0 Å². The van der Waals surface area contributed by atoms with Gasteiger partial charge in [0.05, 0.1) is 17.9 Å². The van der Waals surface area contributed by atoms with Gasteiger partial charge in [0, 0.05) is 11.8 Å². The minimum atomic E-state index is -0.574. The molecule has 5 nitrogen and oxygen atoms in total. The van der Waals surface area contributed by atoms with Crippen LogP contribution in [0.25, 0.3) is 0 Å². The Bertz CT molecular complexity index is 794. The van der Waals surface area contributed by atoms with Crippen molar-refractivity contribution in [2.24, 2.45) is 0 Å². The van der Waals surface area contributed by atoms with Crippen LogP contribution < -0.4 is 5.32 Å². The van der Waals surface area contributed by atoms with Crippen molar-refractivity contribution in [3.05, 3.63) is 75.6 Å². The van der Waals surface area contributed by atoms with E-state index >= 15 is 0 Å². The zero-order chi connectivity index (χ0) is 16.9. The lowest BCUT2D eigenvalue weighted by Crippen LogP contribution is -2.30. The fourth-order valence-corrected chi connectivity index (χ4v) is 3.11. The van der Waals surface area contributed by atoms with Gasteiger partial charge < -0.3 is 14.8 Å². The molecule has 0 saturated carbocycles. The van der Waals surface area contributed by atoms with Gasteiger partial charge in [-0.2, -0.15) is 0 Å². The second-order valence-corrected chi connectivity index (χ2v) is 6.46. The van der Waals surface area contributed by atoms with Crippen LogP contribution in [-0.4, -0.2) is 22.6 Å². The second kappa shape index (κ2) is 7.42. The number of rotatable bonds is 6. The Morgan fingerprint density at radius 1 is 1.33 bits per heavy atom. The molecule has 1 amide bonds. The summed E-state index contributed by atoms with van der Waals surface area (Å²) in [5.41, 5.74) is 2.73.